The van der Waals surface area contributed by atoms with Gasteiger partial charge in [-0.3, -0.25) is 9.59 Å². The van der Waals surface area contributed by atoms with Gasteiger partial charge in [-0.25, -0.2) is 0 Å². The number of anilines is 1. The first kappa shape index (κ1) is 17.8. The molecule has 1 heterocycles. The summed E-state index contributed by atoms with van der Waals surface area (Å²) in [4.78, 5) is 25.9. The van der Waals surface area contributed by atoms with E-state index in [4.69, 9.17) is 9.47 Å². The molecule has 0 spiro atoms. The molecule has 2 aromatic rings. The molecule has 1 aliphatic rings. The van der Waals surface area contributed by atoms with Gasteiger partial charge in [0.2, 0.25) is 18.6 Å². The number of rotatable bonds is 5. The minimum absolute atomic E-state index is 0.0236. The van der Waals surface area contributed by atoms with Gasteiger partial charge in [-0.05, 0) is 48.7 Å². The SMILES string of the molecule is CC(=O)N(CC(=O)NCc1ccc2c(c1)OCO2)c1cc(C)ccc1C. The number of hydrogen-bond acceptors (Lipinski definition) is 4. The lowest BCUT2D eigenvalue weighted by Crippen LogP contribution is -2.40. The quantitative estimate of drug-likeness (QED) is 0.896. The predicted octanol–water partition coefficient (Wildman–Crippen LogP) is 2.70. The fraction of sp³-hybridized carbons (Fsp3) is 0.300. The van der Waals surface area contributed by atoms with Crippen molar-refractivity contribution in [2.75, 3.05) is 18.2 Å². The molecule has 1 N–H and O–H groups in total. The maximum absolute atomic E-state index is 12.4. The molecule has 1 aliphatic heterocycles. The van der Waals surface area contributed by atoms with Crippen molar-refractivity contribution in [3.05, 3.63) is 53.1 Å². The van der Waals surface area contributed by atoms with Crippen LogP contribution < -0.4 is 19.7 Å². The molecule has 2 aromatic carbocycles. The van der Waals surface area contributed by atoms with Gasteiger partial charge in [-0.15, -0.1) is 0 Å². The van der Waals surface area contributed by atoms with Gasteiger partial charge < -0.3 is 19.7 Å². The summed E-state index contributed by atoms with van der Waals surface area (Å²) in [5.74, 6) is 0.992. The summed E-state index contributed by atoms with van der Waals surface area (Å²) >= 11 is 0. The maximum Gasteiger partial charge on any atom is 0.240 e. The number of aryl methyl sites for hydroxylation is 2. The van der Waals surface area contributed by atoms with Crippen LogP contribution in [0.4, 0.5) is 5.69 Å². The predicted molar refractivity (Wildman–Crippen MR) is 98.4 cm³/mol. The number of carbonyl (C=O) groups is 2. The fourth-order valence-corrected chi connectivity index (χ4v) is 2.83. The number of carbonyl (C=O) groups excluding carboxylic acids is 2. The second-order valence-electron chi connectivity index (χ2n) is 6.36. The molecule has 0 fully saturated rings. The topological polar surface area (TPSA) is 67.9 Å². The van der Waals surface area contributed by atoms with Crippen LogP contribution in [0.25, 0.3) is 0 Å². The summed E-state index contributed by atoms with van der Waals surface area (Å²) in [6.45, 7) is 5.90. The highest BCUT2D eigenvalue weighted by molar-refractivity contribution is 5.98. The van der Waals surface area contributed by atoms with Crippen molar-refractivity contribution >= 4 is 17.5 Å². The number of nitrogens with zero attached hydrogens (tertiary/aromatic N) is 1. The van der Waals surface area contributed by atoms with E-state index in [0.717, 1.165) is 22.4 Å². The first-order valence-corrected chi connectivity index (χ1v) is 8.44. The highest BCUT2D eigenvalue weighted by Gasteiger charge is 2.18. The van der Waals surface area contributed by atoms with E-state index in [0.29, 0.717) is 18.0 Å². The van der Waals surface area contributed by atoms with Crippen LogP contribution in [0.5, 0.6) is 11.5 Å². The second-order valence-corrected chi connectivity index (χ2v) is 6.36. The van der Waals surface area contributed by atoms with E-state index in [-0.39, 0.29) is 25.2 Å². The summed E-state index contributed by atoms with van der Waals surface area (Å²) in [6.07, 6.45) is 0. The Bertz CT molecular complexity index is 848. The van der Waals surface area contributed by atoms with Crippen molar-refractivity contribution in [2.24, 2.45) is 0 Å². The molecular formula is C20H22N2O4. The highest BCUT2D eigenvalue weighted by Crippen LogP contribution is 2.32. The van der Waals surface area contributed by atoms with Crippen LogP contribution in [-0.4, -0.2) is 25.2 Å². The molecule has 0 atom stereocenters. The van der Waals surface area contributed by atoms with Gasteiger partial charge in [-0.1, -0.05) is 18.2 Å². The molecule has 6 heteroatoms. The van der Waals surface area contributed by atoms with Gasteiger partial charge in [0.15, 0.2) is 11.5 Å². The molecule has 0 saturated heterocycles. The third-order valence-electron chi connectivity index (χ3n) is 4.26. The van der Waals surface area contributed by atoms with E-state index >= 15 is 0 Å². The fourth-order valence-electron chi connectivity index (χ4n) is 2.83. The van der Waals surface area contributed by atoms with Crippen molar-refractivity contribution in [1.82, 2.24) is 5.32 Å². The van der Waals surface area contributed by atoms with E-state index in [2.05, 4.69) is 5.32 Å². The van der Waals surface area contributed by atoms with E-state index < -0.39 is 0 Å². The molecule has 3 rings (SSSR count). The number of hydrogen-bond donors (Lipinski definition) is 1. The Morgan fingerprint density at radius 3 is 2.62 bits per heavy atom. The summed E-state index contributed by atoms with van der Waals surface area (Å²) in [5, 5.41) is 2.85. The summed E-state index contributed by atoms with van der Waals surface area (Å²) in [6, 6.07) is 11.4. The lowest BCUT2D eigenvalue weighted by Gasteiger charge is -2.23. The van der Waals surface area contributed by atoms with Gasteiger partial charge >= 0.3 is 0 Å². The highest BCUT2D eigenvalue weighted by atomic mass is 16.7. The third-order valence-corrected chi connectivity index (χ3v) is 4.26. The van der Waals surface area contributed by atoms with Crippen LogP contribution in [0, 0.1) is 13.8 Å². The van der Waals surface area contributed by atoms with E-state index in [1.54, 1.807) is 0 Å². The molecule has 136 valence electrons. The first-order chi connectivity index (χ1) is 12.4. The summed E-state index contributed by atoms with van der Waals surface area (Å²) in [7, 11) is 0. The third kappa shape index (κ3) is 3.96. The molecule has 0 radical (unpaired) electrons. The maximum atomic E-state index is 12.4. The Labute approximate surface area is 152 Å². The average Bonchev–Trinajstić information content (AvgIpc) is 3.07. The first-order valence-electron chi connectivity index (χ1n) is 8.44. The number of ether oxygens (including phenoxy) is 2. The van der Waals surface area contributed by atoms with E-state index in [9.17, 15) is 9.59 Å². The van der Waals surface area contributed by atoms with Crippen molar-refractivity contribution in [3.63, 3.8) is 0 Å². The Morgan fingerprint density at radius 2 is 1.85 bits per heavy atom. The molecular weight excluding hydrogens is 332 g/mol. The zero-order valence-corrected chi connectivity index (χ0v) is 15.2. The summed E-state index contributed by atoms with van der Waals surface area (Å²) < 4.78 is 10.6. The Hall–Kier alpha value is -3.02. The Kier molecular flexibility index (Phi) is 5.11. The lowest BCUT2D eigenvalue weighted by molar-refractivity contribution is -0.123. The number of fused-ring (bicyclic) bond motifs is 1. The molecule has 2 amide bonds. The van der Waals surface area contributed by atoms with Crippen molar-refractivity contribution < 1.29 is 19.1 Å². The van der Waals surface area contributed by atoms with Crippen LogP contribution in [-0.2, 0) is 16.1 Å². The minimum atomic E-state index is -0.223. The number of amides is 2. The minimum Gasteiger partial charge on any atom is -0.454 e. The molecule has 0 saturated carbocycles. The molecule has 0 bridgehead atoms. The van der Waals surface area contributed by atoms with Gasteiger partial charge in [0.05, 0.1) is 0 Å². The van der Waals surface area contributed by atoms with Crippen molar-refractivity contribution in [3.8, 4) is 11.5 Å². The van der Waals surface area contributed by atoms with E-state index in [1.165, 1.54) is 11.8 Å². The normalized spacial score (nSPS) is 12.0. The number of nitrogens with one attached hydrogen (secondary N) is 1. The zero-order valence-electron chi connectivity index (χ0n) is 15.2. The number of benzene rings is 2. The monoisotopic (exact) mass is 354 g/mol. The lowest BCUT2D eigenvalue weighted by atomic mass is 10.1. The van der Waals surface area contributed by atoms with Crippen LogP contribution in [0.2, 0.25) is 0 Å². The van der Waals surface area contributed by atoms with Crippen LogP contribution in [0.3, 0.4) is 0 Å². The van der Waals surface area contributed by atoms with Crippen molar-refractivity contribution in [2.45, 2.75) is 27.3 Å². The second kappa shape index (κ2) is 7.47. The summed E-state index contributed by atoms with van der Waals surface area (Å²) in [5.41, 5.74) is 3.66. The molecule has 6 nitrogen and oxygen atoms in total. The Balaban J connectivity index is 1.65. The Morgan fingerprint density at radius 1 is 1.08 bits per heavy atom. The zero-order chi connectivity index (χ0) is 18.7. The average molecular weight is 354 g/mol. The van der Waals surface area contributed by atoms with Crippen molar-refractivity contribution in [1.29, 1.82) is 0 Å². The van der Waals surface area contributed by atoms with Gasteiger partial charge in [0.25, 0.3) is 0 Å². The van der Waals surface area contributed by atoms with E-state index in [1.807, 2.05) is 50.2 Å². The molecule has 0 aliphatic carbocycles. The van der Waals surface area contributed by atoms with Gasteiger partial charge in [-0.2, -0.15) is 0 Å². The molecule has 26 heavy (non-hydrogen) atoms. The van der Waals surface area contributed by atoms with Crippen LogP contribution >= 0.6 is 0 Å². The van der Waals surface area contributed by atoms with Crippen LogP contribution in [0.15, 0.2) is 36.4 Å². The smallest absolute Gasteiger partial charge is 0.240 e. The van der Waals surface area contributed by atoms with Crippen LogP contribution in [0.1, 0.15) is 23.6 Å². The molecule has 0 unspecified atom stereocenters. The standard InChI is InChI=1S/C20H22N2O4/c1-13-4-5-14(2)17(8-13)22(15(3)23)11-20(24)21-10-16-6-7-18-19(9-16)26-12-25-18/h4-9H,10-12H2,1-3H3,(H,21,24). The van der Waals surface area contributed by atoms with Gasteiger partial charge in [0.1, 0.15) is 6.54 Å². The largest absolute Gasteiger partial charge is 0.454 e. The van der Waals surface area contributed by atoms with Gasteiger partial charge in [0, 0.05) is 19.2 Å². The molecule has 0 aromatic heterocycles.